The number of hydrogen-bond acceptors (Lipinski definition) is 3. The summed E-state index contributed by atoms with van der Waals surface area (Å²) in [7, 11) is 0. The first-order valence-corrected chi connectivity index (χ1v) is 7.72. The van der Waals surface area contributed by atoms with E-state index in [9.17, 15) is 0 Å². The summed E-state index contributed by atoms with van der Waals surface area (Å²) in [5, 5.41) is 3.44. The second-order valence-electron chi connectivity index (χ2n) is 5.82. The third-order valence-electron chi connectivity index (χ3n) is 3.63. The molecule has 0 unspecified atom stereocenters. The summed E-state index contributed by atoms with van der Waals surface area (Å²) < 4.78 is 0. The third kappa shape index (κ3) is 5.27. The monoisotopic (exact) mass is 283 g/mol. The Morgan fingerprint density at radius 2 is 1.67 bits per heavy atom. The highest BCUT2D eigenvalue weighted by Crippen LogP contribution is 2.15. The lowest BCUT2D eigenvalue weighted by Gasteiger charge is -2.07. The van der Waals surface area contributed by atoms with Crippen LogP contribution in [0.25, 0.3) is 0 Å². The number of aromatic nitrogens is 2. The highest BCUT2D eigenvalue weighted by atomic mass is 14.9. The molecule has 0 aliphatic carbocycles. The summed E-state index contributed by atoms with van der Waals surface area (Å²) in [4.78, 5) is 8.39. The lowest BCUT2D eigenvalue weighted by molar-refractivity contribution is 0.646. The second kappa shape index (κ2) is 7.89. The van der Waals surface area contributed by atoms with Crippen LogP contribution >= 0.6 is 0 Å². The zero-order chi connectivity index (χ0) is 15.1. The predicted molar refractivity (Wildman–Crippen MR) is 87.3 cm³/mol. The van der Waals surface area contributed by atoms with Crippen LogP contribution in [0.3, 0.4) is 0 Å². The van der Waals surface area contributed by atoms with Crippen molar-refractivity contribution in [2.45, 2.75) is 46.1 Å². The molecule has 0 saturated carbocycles. The van der Waals surface area contributed by atoms with E-state index in [1.165, 1.54) is 11.1 Å². The lowest BCUT2D eigenvalue weighted by Crippen LogP contribution is -2.15. The Labute approximate surface area is 127 Å². The van der Waals surface area contributed by atoms with Crippen molar-refractivity contribution in [3.63, 3.8) is 0 Å². The molecule has 0 atom stereocenters. The van der Waals surface area contributed by atoms with Crippen molar-refractivity contribution < 1.29 is 0 Å². The van der Waals surface area contributed by atoms with E-state index in [4.69, 9.17) is 0 Å². The van der Waals surface area contributed by atoms with Crippen LogP contribution in [-0.2, 0) is 13.0 Å². The number of nitrogens with zero attached hydrogens (tertiary/aromatic N) is 2. The van der Waals surface area contributed by atoms with Gasteiger partial charge < -0.3 is 5.32 Å². The van der Waals surface area contributed by atoms with Crippen molar-refractivity contribution in [2.75, 3.05) is 6.54 Å². The summed E-state index contributed by atoms with van der Waals surface area (Å²) in [6.45, 7) is 8.22. The summed E-state index contributed by atoms with van der Waals surface area (Å²) in [6, 6.07) is 9.00. The molecule has 21 heavy (non-hydrogen) atoms. The van der Waals surface area contributed by atoms with E-state index in [0.717, 1.165) is 37.3 Å². The topological polar surface area (TPSA) is 37.8 Å². The van der Waals surface area contributed by atoms with Crippen LogP contribution in [0.1, 0.15) is 48.7 Å². The summed E-state index contributed by atoms with van der Waals surface area (Å²) in [5.41, 5.74) is 3.97. The number of hydrogen-bond donors (Lipinski definition) is 1. The fourth-order valence-electron chi connectivity index (χ4n) is 2.23. The minimum atomic E-state index is 0.609. The van der Waals surface area contributed by atoms with Gasteiger partial charge in [-0.2, -0.15) is 0 Å². The van der Waals surface area contributed by atoms with Gasteiger partial charge in [-0.1, -0.05) is 38.1 Å². The van der Waals surface area contributed by atoms with Gasteiger partial charge in [0.2, 0.25) is 0 Å². The molecule has 2 aromatic rings. The highest BCUT2D eigenvalue weighted by molar-refractivity contribution is 5.24. The quantitative estimate of drug-likeness (QED) is 0.788. The molecule has 3 heteroatoms. The molecule has 3 nitrogen and oxygen atoms in total. The first-order valence-electron chi connectivity index (χ1n) is 7.72. The zero-order valence-corrected chi connectivity index (χ0v) is 13.3. The minimum absolute atomic E-state index is 0.609. The molecule has 112 valence electrons. The molecule has 1 N–H and O–H groups in total. The Kier molecular flexibility index (Phi) is 5.88. The fourth-order valence-corrected chi connectivity index (χ4v) is 2.23. The normalized spacial score (nSPS) is 11.0. The van der Waals surface area contributed by atoms with Crippen LogP contribution in [0.15, 0.2) is 36.7 Å². The summed E-state index contributed by atoms with van der Waals surface area (Å²) >= 11 is 0. The van der Waals surface area contributed by atoms with Crippen molar-refractivity contribution in [3.8, 4) is 0 Å². The Morgan fingerprint density at radius 1 is 1.00 bits per heavy atom. The Hall–Kier alpha value is -1.74. The molecular formula is C18H25N3. The Bertz CT molecular complexity index is 529. The van der Waals surface area contributed by atoms with Crippen molar-refractivity contribution in [1.29, 1.82) is 0 Å². The third-order valence-corrected chi connectivity index (χ3v) is 3.63. The maximum absolute atomic E-state index is 4.20. The summed E-state index contributed by atoms with van der Waals surface area (Å²) in [6.07, 6.45) is 6.05. The van der Waals surface area contributed by atoms with E-state index in [1.54, 1.807) is 0 Å². The molecule has 0 saturated heterocycles. The molecule has 2 rings (SSSR count). The summed E-state index contributed by atoms with van der Waals surface area (Å²) in [5.74, 6) is 1.43. The maximum atomic E-state index is 4.20. The number of nitrogens with one attached hydrogen (secondary N) is 1. The second-order valence-corrected chi connectivity index (χ2v) is 5.82. The predicted octanol–water partition coefficient (Wildman–Crippen LogP) is 3.63. The fraction of sp³-hybridized carbons (Fsp3) is 0.444. The molecule has 1 aromatic carbocycles. The lowest BCUT2D eigenvalue weighted by atomic mass is 10.0. The van der Waals surface area contributed by atoms with E-state index in [2.05, 4.69) is 53.4 Å². The Balaban J connectivity index is 1.66. The van der Waals surface area contributed by atoms with E-state index in [1.807, 2.05) is 19.3 Å². The standard InChI is InChI=1S/C18H25N3/c1-14(2)18-8-6-16(7-9-18)5-4-10-19-11-17-12-20-15(3)21-13-17/h6-9,12-14,19H,4-5,10-11H2,1-3H3. The zero-order valence-electron chi connectivity index (χ0n) is 13.3. The first kappa shape index (κ1) is 15.6. The van der Waals surface area contributed by atoms with E-state index >= 15 is 0 Å². The van der Waals surface area contributed by atoms with Crippen LogP contribution in [-0.4, -0.2) is 16.5 Å². The molecule has 1 aromatic heterocycles. The highest BCUT2D eigenvalue weighted by Gasteiger charge is 1.99. The first-order chi connectivity index (χ1) is 10.1. The van der Waals surface area contributed by atoms with E-state index in [0.29, 0.717) is 5.92 Å². The van der Waals surface area contributed by atoms with Crippen LogP contribution < -0.4 is 5.32 Å². The molecule has 0 aliphatic heterocycles. The van der Waals surface area contributed by atoms with Crippen molar-refractivity contribution in [1.82, 2.24) is 15.3 Å². The van der Waals surface area contributed by atoms with E-state index in [-0.39, 0.29) is 0 Å². The maximum Gasteiger partial charge on any atom is 0.125 e. The largest absolute Gasteiger partial charge is 0.313 e. The van der Waals surface area contributed by atoms with Gasteiger partial charge in [0.25, 0.3) is 0 Å². The van der Waals surface area contributed by atoms with Gasteiger partial charge in [0.05, 0.1) is 0 Å². The average molecular weight is 283 g/mol. The SMILES string of the molecule is Cc1ncc(CNCCCc2ccc(C(C)C)cc2)cn1. The molecule has 0 fully saturated rings. The number of rotatable bonds is 7. The van der Waals surface area contributed by atoms with Gasteiger partial charge in [-0.3, -0.25) is 0 Å². The minimum Gasteiger partial charge on any atom is -0.313 e. The van der Waals surface area contributed by atoms with Crippen molar-refractivity contribution in [3.05, 3.63) is 59.2 Å². The molecule has 0 spiro atoms. The van der Waals surface area contributed by atoms with Crippen molar-refractivity contribution >= 4 is 0 Å². The van der Waals surface area contributed by atoms with Gasteiger partial charge in [-0.25, -0.2) is 9.97 Å². The van der Waals surface area contributed by atoms with Crippen LogP contribution in [0, 0.1) is 6.92 Å². The number of benzene rings is 1. The van der Waals surface area contributed by atoms with Gasteiger partial charge in [0.15, 0.2) is 0 Å². The Morgan fingerprint density at radius 3 is 2.29 bits per heavy atom. The van der Waals surface area contributed by atoms with Gasteiger partial charge >= 0.3 is 0 Å². The van der Waals surface area contributed by atoms with Gasteiger partial charge in [-0.15, -0.1) is 0 Å². The van der Waals surface area contributed by atoms with Gasteiger partial charge in [0, 0.05) is 24.5 Å². The molecule has 0 radical (unpaired) electrons. The molecule has 0 aliphatic rings. The molecular weight excluding hydrogens is 258 g/mol. The molecule has 0 bridgehead atoms. The number of aryl methyl sites for hydroxylation is 2. The van der Waals surface area contributed by atoms with Crippen LogP contribution in [0.2, 0.25) is 0 Å². The van der Waals surface area contributed by atoms with Gasteiger partial charge in [0.1, 0.15) is 5.82 Å². The molecule has 1 heterocycles. The van der Waals surface area contributed by atoms with E-state index < -0.39 is 0 Å². The van der Waals surface area contributed by atoms with Gasteiger partial charge in [-0.05, 0) is 43.4 Å². The molecule has 0 amide bonds. The smallest absolute Gasteiger partial charge is 0.125 e. The van der Waals surface area contributed by atoms with Crippen LogP contribution in [0.4, 0.5) is 0 Å². The van der Waals surface area contributed by atoms with Crippen LogP contribution in [0.5, 0.6) is 0 Å². The van der Waals surface area contributed by atoms with Crippen molar-refractivity contribution in [2.24, 2.45) is 0 Å². The average Bonchev–Trinajstić information content (AvgIpc) is 2.49.